The highest BCUT2D eigenvalue weighted by atomic mass is 32.2. The second-order valence-electron chi connectivity index (χ2n) is 11.1. The molecule has 0 fully saturated rings. The maximum absolute atomic E-state index is 12.0. The van der Waals surface area contributed by atoms with Crippen LogP contribution < -0.4 is 10.2 Å². The number of pyridine rings is 1. The molecule has 0 bridgehead atoms. The van der Waals surface area contributed by atoms with Crippen molar-refractivity contribution in [1.82, 2.24) is 19.9 Å². The van der Waals surface area contributed by atoms with Gasteiger partial charge in [0.2, 0.25) is 0 Å². The van der Waals surface area contributed by atoms with Crippen LogP contribution in [-0.2, 0) is 38.9 Å². The lowest BCUT2D eigenvalue weighted by atomic mass is 9.78. The Kier molecular flexibility index (Phi) is 8.65. The van der Waals surface area contributed by atoms with E-state index in [1.165, 1.54) is 23.2 Å². The first-order chi connectivity index (χ1) is 19.2. The van der Waals surface area contributed by atoms with Gasteiger partial charge in [0.25, 0.3) is 0 Å². The summed E-state index contributed by atoms with van der Waals surface area (Å²) in [5.74, 6) is 2.20. The van der Waals surface area contributed by atoms with Gasteiger partial charge in [-0.1, -0.05) is 26.8 Å². The summed E-state index contributed by atoms with van der Waals surface area (Å²) in [6.07, 6.45) is 4.90. The summed E-state index contributed by atoms with van der Waals surface area (Å²) in [5, 5.41) is 3.57. The molecule has 0 atom stereocenters. The number of nitrogens with zero attached hydrogens (tertiary/aromatic N) is 5. The Hall–Kier alpha value is -2.73. The van der Waals surface area contributed by atoms with Crippen LogP contribution in [0.5, 0.6) is 0 Å². The van der Waals surface area contributed by atoms with Crippen LogP contribution >= 0.6 is 12.0 Å². The zero-order valence-electron chi connectivity index (χ0n) is 23.7. The summed E-state index contributed by atoms with van der Waals surface area (Å²) in [5.41, 5.74) is 5.72. The van der Waals surface area contributed by atoms with Crippen molar-refractivity contribution in [1.29, 1.82) is 0 Å². The second-order valence-corrected chi connectivity index (χ2v) is 14.5. The highest BCUT2D eigenvalue weighted by Gasteiger charge is 2.32. The Balaban J connectivity index is 1.32. The number of sulfone groups is 1. The fourth-order valence-corrected chi connectivity index (χ4v) is 7.20. The Bertz CT molecular complexity index is 1460. The molecule has 2 aliphatic rings. The maximum Gasteiger partial charge on any atom is 0.150 e. The molecule has 3 aromatic rings. The molecule has 2 aliphatic heterocycles. The van der Waals surface area contributed by atoms with E-state index in [9.17, 15) is 8.42 Å². The molecular weight excluding hydrogens is 544 g/mol. The molecule has 40 heavy (non-hydrogen) atoms. The molecule has 5 rings (SSSR count). The molecule has 0 unspecified atom stereocenters. The molecule has 1 N–H and O–H groups in total. The zero-order valence-corrected chi connectivity index (χ0v) is 25.3. The number of nitrogens with one attached hydrogen (secondary N) is 1. The van der Waals surface area contributed by atoms with E-state index in [1.807, 2.05) is 18.3 Å². The molecule has 0 saturated carbocycles. The number of anilines is 3. The topological polar surface area (TPSA) is 101 Å². The summed E-state index contributed by atoms with van der Waals surface area (Å²) in [6.45, 7) is 10.2. The molecule has 0 aliphatic carbocycles. The summed E-state index contributed by atoms with van der Waals surface area (Å²) in [7, 11) is -1.28. The van der Waals surface area contributed by atoms with E-state index < -0.39 is 9.84 Å². The van der Waals surface area contributed by atoms with Gasteiger partial charge in [-0.05, 0) is 54.8 Å². The van der Waals surface area contributed by atoms with Gasteiger partial charge in [-0.15, -0.1) is 0 Å². The minimum Gasteiger partial charge on any atom is -0.349 e. The lowest BCUT2D eigenvalue weighted by Crippen LogP contribution is -2.42. The summed E-state index contributed by atoms with van der Waals surface area (Å²) >= 11 is 1.32. The van der Waals surface area contributed by atoms with Gasteiger partial charge in [0.1, 0.15) is 27.8 Å². The van der Waals surface area contributed by atoms with Crippen molar-refractivity contribution in [3.05, 3.63) is 65.2 Å². The van der Waals surface area contributed by atoms with Crippen molar-refractivity contribution in [2.75, 3.05) is 48.5 Å². The molecule has 0 spiro atoms. The van der Waals surface area contributed by atoms with Crippen molar-refractivity contribution in [3.8, 4) is 0 Å². The summed E-state index contributed by atoms with van der Waals surface area (Å²) < 4.78 is 29.2. The van der Waals surface area contributed by atoms with Crippen LogP contribution in [0.1, 0.15) is 49.6 Å². The average Bonchev–Trinajstić information content (AvgIpc) is 2.93. The van der Waals surface area contributed by atoms with Gasteiger partial charge in [0, 0.05) is 60.3 Å². The molecule has 0 saturated heterocycles. The third-order valence-electron chi connectivity index (χ3n) is 7.71. The van der Waals surface area contributed by atoms with Crippen LogP contribution in [0.2, 0.25) is 0 Å². The van der Waals surface area contributed by atoms with Gasteiger partial charge < -0.3 is 14.4 Å². The summed E-state index contributed by atoms with van der Waals surface area (Å²) in [6, 6.07) is 10.5. The Morgan fingerprint density at radius 1 is 1.15 bits per heavy atom. The second kappa shape index (κ2) is 12.0. The largest absolute Gasteiger partial charge is 0.349 e. The predicted molar refractivity (Wildman–Crippen MR) is 161 cm³/mol. The van der Waals surface area contributed by atoms with E-state index in [2.05, 4.69) is 62.1 Å². The van der Waals surface area contributed by atoms with Gasteiger partial charge in [-0.3, -0.25) is 4.90 Å². The third kappa shape index (κ3) is 6.43. The smallest absolute Gasteiger partial charge is 0.150 e. The van der Waals surface area contributed by atoms with Crippen molar-refractivity contribution in [3.63, 3.8) is 0 Å². The highest BCUT2D eigenvalue weighted by Crippen LogP contribution is 2.36. The lowest BCUT2D eigenvalue weighted by Gasteiger charge is -2.40. The van der Waals surface area contributed by atoms with Gasteiger partial charge in [0.15, 0.2) is 0 Å². The molecule has 1 aromatic carbocycles. The molecule has 0 amide bonds. The highest BCUT2D eigenvalue weighted by molar-refractivity contribution is 7.94. The first-order valence-electron chi connectivity index (χ1n) is 13.8. The SMILES string of the molecule is CCS(=O)(=O)CCCN1Cc2cc(Nc3ncnc4c3CCN(c3ncccc3SOC)C4)ccc2C(C)(C)C1. The first kappa shape index (κ1) is 28.8. The van der Waals surface area contributed by atoms with Crippen LogP contribution in [0.3, 0.4) is 0 Å². The Morgan fingerprint density at radius 2 is 2.00 bits per heavy atom. The van der Waals surface area contributed by atoms with Crippen LogP contribution in [0.15, 0.2) is 47.8 Å². The number of benzene rings is 1. The fraction of sp³-hybridized carbons (Fsp3) is 0.483. The van der Waals surface area contributed by atoms with E-state index in [0.29, 0.717) is 13.0 Å². The fourth-order valence-electron chi connectivity index (χ4n) is 5.77. The van der Waals surface area contributed by atoms with Crippen LogP contribution in [0.25, 0.3) is 0 Å². The molecule has 11 heteroatoms. The molecular formula is C29H38N6O3S2. The van der Waals surface area contributed by atoms with Crippen LogP contribution in [-0.4, -0.2) is 66.5 Å². The van der Waals surface area contributed by atoms with E-state index in [4.69, 9.17) is 4.18 Å². The van der Waals surface area contributed by atoms with E-state index in [1.54, 1.807) is 20.4 Å². The van der Waals surface area contributed by atoms with Gasteiger partial charge in [-0.25, -0.2) is 23.4 Å². The Labute approximate surface area is 241 Å². The van der Waals surface area contributed by atoms with Gasteiger partial charge in [0.05, 0.1) is 30.0 Å². The predicted octanol–water partition coefficient (Wildman–Crippen LogP) is 4.75. The minimum atomic E-state index is -2.94. The number of aromatic nitrogens is 3. The molecule has 214 valence electrons. The average molecular weight is 583 g/mol. The lowest BCUT2D eigenvalue weighted by molar-refractivity contribution is 0.195. The van der Waals surface area contributed by atoms with Crippen molar-refractivity contribution < 1.29 is 12.6 Å². The maximum atomic E-state index is 12.0. The standard InChI is InChI=1S/C29H38N6O3S2/c1-5-40(36,37)15-7-13-34-17-21-16-22(9-10-24(21)29(2,3)19-34)33-27-23-11-14-35(18-25(23)31-20-32-27)28-26(39-38-4)8-6-12-30-28/h6,8-10,12,16,20H,5,7,11,13-15,17-19H2,1-4H3,(H,31,32,33). The van der Waals surface area contributed by atoms with Crippen molar-refractivity contribution in [2.45, 2.75) is 57.0 Å². The monoisotopic (exact) mass is 582 g/mol. The molecule has 2 aromatic heterocycles. The summed E-state index contributed by atoms with van der Waals surface area (Å²) in [4.78, 5) is 19.4. The third-order valence-corrected chi connectivity index (χ3v) is 10.2. The molecule has 4 heterocycles. The zero-order chi connectivity index (χ0) is 28.3. The quantitative estimate of drug-likeness (QED) is 0.337. The van der Waals surface area contributed by atoms with E-state index in [-0.39, 0.29) is 16.9 Å². The van der Waals surface area contributed by atoms with Crippen molar-refractivity contribution in [2.24, 2.45) is 0 Å². The van der Waals surface area contributed by atoms with Crippen molar-refractivity contribution >= 4 is 39.2 Å². The van der Waals surface area contributed by atoms with Gasteiger partial charge >= 0.3 is 0 Å². The molecule has 9 nitrogen and oxygen atoms in total. The minimum absolute atomic E-state index is 0.0152. The normalized spacial score (nSPS) is 16.9. The van der Waals surface area contributed by atoms with Crippen LogP contribution in [0, 0.1) is 0 Å². The number of hydrogen-bond acceptors (Lipinski definition) is 10. The number of hydrogen-bond donors (Lipinski definition) is 1. The van der Waals surface area contributed by atoms with Gasteiger partial charge in [-0.2, -0.15) is 0 Å². The molecule has 0 radical (unpaired) electrons. The van der Waals surface area contributed by atoms with E-state index in [0.717, 1.165) is 66.1 Å². The first-order valence-corrected chi connectivity index (χ1v) is 16.3. The van der Waals surface area contributed by atoms with Crippen LogP contribution in [0.4, 0.5) is 17.3 Å². The number of rotatable bonds is 10. The number of fused-ring (bicyclic) bond motifs is 2. The van der Waals surface area contributed by atoms with E-state index >= 15 is 0 Å². The Morgan fingerprint density at radius 3 is 2.80 bits per heavy atom.